The van der Waals surface area contributed by atoms with Crippen LogP contribution in [0.5, 0.6) is 0 Å². The highest BCUT2D eigenvalue weighted by molar-refractivity contribution is 5.96. The summed E-state index contributed by atoms with van der Waals surface area (Å²) in [5.74, 6) is -2.43. The lowest BCUT2D eigenvalue weighted by Crippen LogP contribution is -2.48. The molecule has 2 rings (SSSR count). The average molecular weight is 268 g/mol. The molecule has 0 spiro atoms. The second kappa shape index (κ2) is 5.15. The van der Waals surface area contributed by atoms with Crippen LogP contribution < -0.4 is 5.73 Å². The molecule has 1 fully saturated rings. The van der Waals surface area contributed by atoms with Gasteiger partial charge in [0.2, 0.25) is 0 Å². The number of carbonyl (C=O) groups is 1. The molecule has 0 radical (unpaired) electrons. The fourth-order valence-electron chi connectivity index (χ4n) is 2.72. The van der Waals surface area contributed by atoms with Gasteiger partial charge in [-0.05, 0) is 45.2 Å². The lowest BCUT2D eigenvalue weighted by atomic mass is 9.96. The van der Waals surface area contributed by atoms with Crippen LogP contribution in [0.15, 0.2) is 12.1 Å². The van der Waals surface area contributed by atoms with E-state index in [0.717, 1.165) is 31.4 Å². The number of likely N-dealkylation sites (tertiary alicyclic amines) is 1. The summed E-state index contributed by atoms with van der Waals surface area (Å²) >= 11 is 0. The minimum atomic E-state index is -0.963. The Bertz CT molecular complexity index is 494. The van der Waals surface area contributed by atoms with Crippen molar-refractivity contribution >= 4 is 11.6 Å². The molecule has 1 aliphatic heterocycles. The average Bonchev–Trinajstić information content (AvgIpc) is 2.34. The summed E-state index contributed by atoms with van der Waals surface area (Å²) in [6, 6.07) is 2.13. The van der Waals surface area contributed by atoms with Crippen molar-refractivity contribution < 1.29 is 13.6 Å². The second-order valence-corrected chi connectivity index (χ2v) is 5.17. The minimum absolute atomic E-state index is 0.0171. The molecule has 2 atom stereocenters. The number of hydrogen-bond acceptors (Lipinski definition) is 2. The van der Waals surface area contributed by atoms with Gasteiger partial charge in [0.05, 0.1) is 5.69 Å². The first-order valence-corrected chi connectivity index (χ1v) is 6.49. The van der Waals surface area contributed by atoms with Gasteiger partial charge >= 0.3 is 0 Å². The van der Waals surface area contributed by atoms with Gasteiger partial charge in [0.15, 0.2) is 5.82 Å². The van der Waals surface area contributed by atoms with Crippen molar-refractivity contribution in [2.45, 2.75) is 45.2 Å². The van der Waals surface area contributed by atoms with Gasteiger partial charge in [-0.3, -0.25) is 4.79 Å². The number of amides is 1. The Morgan fingerprint density at radius 3 is 2.42 bits per heavy atom. The molecule has 19 heavy (non-hydrogen) atoms. The Kier molecular flexibility index (Phi) is 3.73. The summed E-state index contributed by atoms with van der Waals surface area (Å²) in [7, 11) is 0. The fraction of sp³-hybridized carbons (Fsp3) is 0.500. The number of nitrogens with two attached hydrogens (primary N) is 1. The smallest absolute Gasteiger partial charge is 0.260 e. The number of benzene rings is 1. The standard InChI is InChI=1S/C14H18F2N2O/c1-8-4-3-5-9(2)18(8)14(19)12-10(15)6-7-11(17)13(12)16/h6-9H,3-5,17H2,1-2H3. The zero-order valence-corrected chi connectivity index (χ0v) is 11.1. The number of halogens is 2. The first kappa shape index (κ1) is 13.8. The lowest BCUT2D eigenvalue weighted by Gasteiger charge is -2.39. The second-order valence-electron chi connectivity index (χ2n) is 5.17. The maximum Gasteiger partial charge on any atom is 0.260 e. The third-order valence-corrected chi connectivity index (χ3v) is 3.76. The zero-order valence-electron chi connectivity index (χ0n) is 11.1. The van der Waals surface area contributed by atoms with Gasteiger partial charge in [-0.1, -0.05) is 0 Å². The van der Waals surface area contributed by atoms with E-state index in [1.54, 1.807) is 4.90 Å². The number of carbonyl (C=O) groups excluding carboxylic acids is 1. The highest BCUT2D eigenvalue weighted by Crippen LogP contribution is 2.27. The van der Waals surface area contributed by atoms with Gasteiger partial charge in [0, 0.05) is 12.1 Å². The third kappa shape index (κ3) is 2.41. The molecular formula is C14H18F2N2O. The van der Waals surface area contributed by atoms with E-state index >= 15 is 0 Å². The van der Waals surface area contributed by atoms with E-state index < -0.39 is 23.1 Å². The molecule has 0 bridgehead atoms. The van der Waals surface area contributed by atoms with E-state index in [9.17, 15) is 13.6 Å². The first-order valence-electron chi connectivity index (χ1n) is 6.49. The summed E-state index contributed by atoms with van der Waals surface area (Å²) < 4.78 is 27.7. The Balaban J connectivity index is 2.41. The SMILES string of the molecule is CC1CCCC(C)N1C(=O)c1c(F)ccc(N)c1F. The Labute approximate surface area is 111 Å². The van der Waals surface area contributed by atoms with Gasteiger partial charge in [0.25, 0.3) is 5.91 Å². The van der Waals surface area contributed by atoms with Crippen LogP contribution in [-0.4, -0.2) is 22.9 Å². The van der Waals surface area contributed by atoms with E-state index in [-0.39, 0.29) is 17.8 Å². The lowest BCUT2D eigenvalue weighted by molar-refractivity contribution is 0.0501. The molecule has 1 heterocycles. The molecule has 104 valence electrons. The Morgan fingerprint density at radius 1 is 1.26 bits per heavy atom. The Hall–Kier alpha value is -1.65. The van der Waals surface area contributed by atoms with Crippen LogP contribution in [0, 0.1) is 11.6 Å². The van der Waals surface area contributed by atoms with Crippen molar-refractivity contribution in [1.82, 2.24) is 4.90 Å². The molecule has 0 aromatic heterocycles. The normalized spacial score (nSPS) is 23.5. The largest absolute Gasteiger partial charge is 0.396 e. The van der Waals surface area contributed by atoms with Crippen molar-refractivity contribution in [3.63, 3.8) is 0 Å². The van der Waals surface area contributed by atoms with Crippen LogP contribution in [0.25, 0.3) is 0 Å². The van der Waals surface area contributed by atoms with Crippen molar-refractivity contribution in [1.29, 1.82) is 0 Å². The van der Waals surface area contributed by atoms with Crippen molar-refractivity contribution in [2.24, 2.45) is 0 Å². The molecule has 5 heteroatoms. The molecule has 1 saturated heterocycles. The van der Waals surface area contributed by atoms with E-state index in [2.05, 4.69) is 0 Å². The quantitative estimate of drug-likeness (QED) is 0.796. The number of nitrogen functional groups attached to an aromatic ring is 1. The summed E-state index contributed by atoms with van der Waals surface area (Å²) in [6.45, 7) is 3.80. The van der Waals surface area contributed by atoms with Crippen LogP contribution in [0.2, 0.25) is 0 Å². The van der Waals surface area contributed by atoms with Crippen LogP contribution >= 0.6 is 0 Å². The summed E-state index contributed by atoms with van der Waals surface area (Å²) in [5.41, 5.74) is 4.67. The summed E-state index contributed by atoms with van der Waals surface area (Å²) in [5, 5.41) is 0. The molecule has 2 N–H and O–H groups in total. The summed E-state index contributed by atoms with van der Waals surface area (Å²) in [6.07, 6.45) is 2.72. The Morgan fingerprint density at radius 2 is 1.84 bits per heavy atom. The van der Waals surface area contributed by atoms with Crippen molar-refractivity contribution in [2.75, 3.05) is 5.73 Å². The molecule has 0 saturated carbocycles. The monoisotopic (exact) mass is 268 g/mol. The molecule has 2 unspecified atom stereocenters. The first-order chi connectivity index (χ1) is 8.93. The molecule has 1 aliphatic rings. The molecule has 1 aromatic rings. The van der Waals surface area contributed by atoms with E-state index in [0.29, 0.717) is 0 Å². The van der Waals surface area contributed by atoms with Crippen molar-refractivity contribution in [3.05, 3.63) is 29.3 Å². The van der Waals surface area contributed by atoms with Gasteiger partial charge in [0.1, 0.15) is 11.4 Å². The van der Waals surface area contributed by atoms with E-state index in [4.69, 9.17) is 5.73 Å². The van der Waals surface area contributed by atoms with Crippen LogP contribution in [0.4, 0.5) is 14.5 Å². The predicted octanol–water partition coefficient (Wildman–Crippen LogP) is 2.95. The predicted molar refractivity (Wildman–Crippen MR) is 69.7 cm³/mol. The highest BCUT2D eigenvalue weighted by Gasteiger charge is 2.33. The number of rotatable bonds is 1. The highest BCUT2D eigenvalue weighted by atomic mass is 19.1. The van der Waals surface area contributed by atoms with Gasteiger partial charge in [-0.2, -0.15) is 0 Å². The molecular weight excluding hydrogens is 250 g/mol. The third-order valence-electron chi connectivity index (χ3n) is 3.76. The maximum atomic E-state index is 13.9. The van der Waals surface area contributed by atoms with Crippen LogP contribution in [0.3, 0.4) is 0 Å². The van der Waals surface area contributed by atoms with Crippen molar-refractivity contribution in [3.8, 4) is 0 Å². The van der Waals surface area contributed by atoms with Crippen LogP contribution in [-0.2, 0) is 0 Å². The maximum absolute atomic E-state index is 13.9. The molecule has 1 aromatic carbocycles. The number of nitrogens with zero attached hydrogens (tertiary/aromatic N) is 1. The molecule has 3 nitrogen and oxygen atoms in total. The van der Waals surface area contributed by atoms with E-state index in [1.165, 1.54) is 0 Å². The van der Waals surface area contributed by atoms with Crippen LogP contribution in [0.1, 0.15) is 43.5 Å². The molecule has 0 aliphatic carbocycles. The fourth-order valence-corrected chi connectivity index (χ4v) is 2.72. The van der Waals surface area contributed by atoms with Gasteiger partial charge in [-0.15, -0.1) is 0 Å². The number of piperidine rings is 1. The van der Waals surface area contributed by atoms with E-state index in [1.807, 2.05) is 13.8 Å². The number of hydrogen-bond donors (Lipinski definition) is 1. The zero-order chi connectivity index (χ0) is 14.2. The molecule has 1 amide bonds. The number of anilines is 1. The topological polar surface area (TPSA) is 46.3 Å². The van der Waals surface area contributed by atoms with Gasteiger partial charge < -0.3 is 10.6 Å². The minimum Gasteiger partial charge on any atom is -0.396 e. The van der Waals surface area contributed by atoms with Gasteiger partial charge in [-0.25, -0.2) is 8.78 Å². The summed E-state index contributed by atoms with van der Waals surface area (Å²) in [4.78, 5) is 14.0.